The third-order valence-electron chi connectivity index (χ3n) is 1.25. The fraction of sp³-hybridized carbons (Fsp3) is 0.143. The molecule has 0 aliphatic heterocycles. The van der Waals surface area contributed by atoms with Gasteiger partial charge in [0.1, 0.15) is 0 Å². The van der Waals surface area contributed by atoms with Crippen molar-refractivity contribution in [2.45, 2.75) is 11.8 Å². The van der Waals surface area contributed by atoms with Gasteiger partial charge in [0.15, 0.2) is 0 Å². The molecule has 0 atom stereocenters. The standard InChI is InChI=1S/C7H7FS.Sn/c1-5-4-6(8)2-3-7(5)9;/h2-4,9H,1H3;/q;+1/p-1. The number of aryl methyl sites for hydroxylation is 1. The van der Waals surface area contributed by atoms with Gasteiger partial charge in [-0.3, -0.25) is 0 Å². The molecule has 0 nitrogen and oxygen atoms in total. The van der Waals surface area contributed by atoms with Crippen LogP contribution in [-0.4, -0.2) is 21.1 Å². The summed E-state index contributed by atoms with van der Waals surface area (Å²) in [6.07, 6.45) is 0. The van der Waals surface area contributed by atoms with Gasteiger partial charge >= 0.3 is 75.9 Å². The molecule has 51 valence electrons. The molecule has 1 aromatic carbocycles. The summed E-state index contributed by atoms with van der Waals surface area (Å²) >= 11 is 1.39. The van der Waals surface area contributed by atoms with Crippen molar-refractivity contribution in [1.29, 1.82) is 0 Å². The Bertz CT molecular complexity index is 237. The first-order valence-electron chi connectivity index (χ1n) is 2.84. The first kappa shape index (κ1) is 8.40. The molecule has 0 fully saturated rings. The zero-order valence-corrected chi connectivity index (χ0v) is 9.19. The van der Waals surface area contributed by atoms with Crippen LogP contribution in [-0.2, 0) is 0 Å². The fourth-order valence-electron chi connectivity index (χ4n) is 0.727. The van der Waals surface area contributed by atoms with E-state index in [1.54, 1.807) is 15.0 Å². The summed E-state index contributed by atoms with van der Waals surface area (Å²) in [5, 5.41) is 0. The molecule has 0 N–H and O–H groups in total. The molecular weight excluding hydrogens is 254 g/mol. The van der Waals surface area contributed by atoms with E-state index >= 15 is 0 Å². The Morgan fingerprint density at radius 3 is 2.70 bits per heavy atom. The first-order valence-corrected chi connectivity index (χ1v) is 7.15. The normalized spacial score (nSPS) is 9.90. The molecular formula is C7H6FSSn. The maximum absolute atomic E-state index is 12.5. The van der Waals surface area contributed by atoms with Crippen LogP contribution in [0.15, 0.2) is 23.1 Å². The molecule has 0 unspecified atom stereocenters. The Labute approximate surface area is 75.7 Å². The van der Waals surface area contributed by atoms with Crippen molar-refractivity contribution in [2.75, 3.05) is 0 Å². The molecule has 0 saturated carbocycles. The van der Waals surface area contributed by atoms with Gasteiger partial charge in [-0.15, -0.1) is 0 Å². The molecule has 0 spiro atoms. The Morgan fingerprint density at radius 2 is 2.20 bits per heavy atom. The van der Waals surface area contributed by atoms with Crippen LogP contribution in [0.5, 0.6) is 0 Å². The second-order valence-electron chi connectivity index (χ2n) is 2.01. The first-order chi connectivity index (χ1) is 4.74. The molecule has 1 rings (SSSR count). The minimum absolute atomic E-state index is 0.147. The van der Waals surface area contributed by atoms with Gasteiger partial charge in [0.25, 0.3) is 0 Å². The number of rotatable bonds is 1. The molecule has 3 radical (unpaired) electrons. The van der Waals surface area contributed by atoms with Gasteiger partial charge in [0, 0.05) is 0 Å². The van der Waals surface area contributed by atoms with E-state index in [2.05, 4.69) is 0 Å². The van der Waals surface area contributed by atoms with E-state index in [9.17, 15) is 4.39 Å². The predicted molar refractivity (Wildman–Crippen MR) is 42.7 cm³/mol. The summed E-state index contributed by atoms with van der Waals surface area (Å²) in [5.41, 5.74) is 1.03. The van der Waals surface area contributed by atoms with E-state index in [0.29, 0.717) is 0 Å². The van der Waals surface area contributed by atoms with Crippen molar-refractivity contribution in [2.24, 2.45) is 0 Å². The van der Waals surface area contributed by atoms with E-state index in [0.717, 1.165) is 5.56 Å². The van der Waals surface area contributed by atoms with Gasteiger partial charge in [-0.1, -0.05) is 0 Å². The molecule has 3 heteroatoms. The van der Waals surface area contributed by atoms with Crippen molar-refractivity contribution in [3.05, 3.63) is 29.6 Å². The summed E-state index contributed by atoms with van der Waals surface area (Å²) in [5.74, 6) is -0.147. The molecule has 0 heterocycles. The van der Waals surface area contributed by atoms with Crippen molar-refractivity contribution in [3.63, 3.8) is 0 Å². The average Bonchev–Trinajstić information content (AvgIpc) is 1.88. The van der Waals surface area contributed by atoms with Gasteiger partial charge in [0.2, 0.25) is 0 Å². The fourth-order valence-corrected chi connectivity index (χ4v) is 3.04. The summed E-state index contributed by atoms with van der Waals surface area (Å²) in [4.78, 5) is 1.18. The monoisotopic (exact) mass is 261 g/mol. The molecule has 1 aromatic rings. The number of hydrogen-bond acceptors (Lipinski definition) is 1. The Morgan fingerprint density at radius 1 is 1.50 bits per heavy atom. The molecule has 0 bridgehead atoms. The van der Waals surface area contributed by atoms with Crippen LogP contribution in [0.2, 0.25) is 0 Å². The zero-order chi connectivity index (χ0) is 7.56. The van der Waals surface area contributed by atoms with Gasteiger partial charge in [-0.05, 0) is 0 Å². The van der Waals surface area contributed by atoms with E-state index in [4.69, 9.17) is 0 Å². The molecule has 0 aliphatic rings. The van der Waals surface area contributed by atoms with Crippen LogP contribution >= 0.6 is 8.95 Å². The quantitative estimate of drug-likeness (QED) is 0.698. The predicted octanol–water partition coefficient (Wildman–Crippen LogP) is 2.31. The zero-order valence-electron chi connectivity index (χ0n) is 5.52. The van der Waals surface area contributed by atoms with Crippen molar-refractivity contribution in [3.8, 4) is 0 Å². The van der Waals surface area contributed by atoms with Crippen LogP contribution in [0.4, 0.5) is 4.39 Å². The third-order valence-corrected chi connectivity index (χ3v) is 3.81. The number of hydrogen-bond donors (Lipinski definition) is 0. The summed E-state index contributed by atoms with van der Waals surface area (Å²) in [6, 6.07) is 4.88. The average molecular weight is 260 g/mol. The van der Waals surface area contributed by atoms with Crippen LogP contribution in [0.3, 0.4) is 0 Å². The summed E-state index contributed by atoms with van der Waals surface area (Å²) in [7, 11) is 1.73. The van der Waals surface area contributed by atoms with Gasteiger partial charge in [0.05, 0.1) is 0 Å². The molecule has 0 saturated heterocycles. The van der Waals surface area contributed by atoms with Crippen molar-refractivity contribution >= 4 is 30.1 Å². The van der Waals surface area contributed by atoms with Crippen LogP contribution in [0, 0.1) is 12.7 Å². The summed E-state index contributed by atoms with van der Waals surface area (Å²) < 4.78 is 12.5. The van der Waals surface area contributed by atoms with E-state index in [1.807, 2.05) is 13.0 Å². The SMILES string of the molecule is Cc1cc(F)ccc1[S][Sn]. The summed E-state index contributed by atoms with van der Waals surface area (Å²) in [6.45, 7) is 1.93. The molecule has 0 amide bonds. The molecule has 0 aromatic heterocycles. The van der Waals surface area contributed by atoms with Crippen LogP contribution in [0.1, 0.15) is 5.56 Å². The number of benzene rings is 1. The van der Waals surface area contributed by atoms with Gasteiger partial charge < -0.3 is 0 Å². The van der Waals surface area contributed by atoms with E-state index < -0.39 is 0 Å². The van der Waals surface area contributed by atoms with E-state index in [-0.39, 0.29) is 5.82 Å². The number of halogens is 1. The minimum atomic E-state index is -0.147. The van der Waals surface area contributed by atoms with Crippen LogP contribution in [0.25, 0.3) is 0 Å². The second-order valence-corrected chi connectivity index (χ2v) is 4.40. The molecule has 0 aliphatic carbocycles. The Balaban J connectivity index is 3.07. The van der Waals surface area contributed by atoms with Crippen LogP contribution < -0.4 is 0 Å². The Kier molecular flexibility index (Phi) is 3.04. The topological polar surface area (TPSA) is 0 Å². The Hall–Kier alpha value is 0.299. The van der Waals surface area contributed by atoms with Crippen molar-refractivity contribution in [1.82, 2.24) is 0 Å². The third kappa shape index (κ3) is 1.89. The van der Waals surface area contributed by atoms with Gasteiger partial charge in [-0.25, -0.2) is 0 Å². The maximum atomic E-state index is 12.5. The molecule has 10 heavy (non-hydrogen) atoms. The van der Waals surface area contributed by atoms with E-state index in [1.165, 1.54) is 32.1 Å². The van der Waals surface area contributed by atoms with Crippen molar-refractivity contribution < 1.29 is 4.39 Å². The van der Waals surface area contributed by atoms with Gasteiger partial charge in [-0.2, -0.15) is 0 Å². The second kappa shape index (κ2) is 3.62.